The molecule has 0 bridgehead atoms. The number of hydrogen-bond donors (Lipinski definition) is 1. The van der Waals surface area contributed by atoms with E-state index in [0.29, 0.717) is 6.61 Å². The van der Waals surface area contributed by atoms with Gasteiger partial charge in [0.15, 0.2) is 0 Å². The van der Waals surface area contributed by atoms with Crippen LogP contribution < -0.4 is 4.74 Å². The molecule has 84 valence electrons. The van der Waals surface area contributed by atoms with E-state index in [1.807, 2.05) is 6.92 Å². The fourth-order valence-corrected chi connectivity index (χ4v) is 1.58. The van der Waals surface area contributed by atoms with Gasteiger partial charge >= 0.3 is 96.2 Å². The molecule has 1 aromatic carbocycles. The fraction of sp³-hybridized carbons (Fsp3) is 0.333. The van der Waals surface area contributed by atoms with Gasteiger partial charge < -0.3 is 0 Å². The van der Waals surface area contributed by atoms with Crippen LogP contribution in [0.5, 0.6) is 5.75 Å². The Morgan fingerprint density at radius 3 is 2.47 bits per heavy atom. The molecule has 0 aliphatic rings. The molecule has 0 fully saturated rings. The molecule has 0 aliphatic carbocycles. The second-order valence-corrected chi connectivity index (χ2v) is 6.51. The first kappa shape index (κ1) is 12.7. The van der Waals surface area contributed by atoms with Gasteiger partial charge in [-0.1, -0.05) is 0 Å². The average molecular weight is 295 g/mol. The quantitative estimate of drug-likeness (QED) is 0.833. The second kappa shape index (κ2) is 5.63. The van der Waals surface area contributed by atoms with E-state index in [1.165, 1.54) is 0 Å². The summed E-state index contributed by atoms with van der Waals surface area (Å²) in [7, 11) is -3.25. The molecule has 4 nitrogen and oxygen atoms in total. The van der Waals surface area contributed by atoms with Gasteiger partial charge in [0, 0.05) is 0 Å². The summed E-state index contributed by atoms with van der Waals surface area (Å²) in [5.74, 6) is 0.772. The first-order chi connectivity index (χ1) is 7.01. The molecule has 1 atom stereocenters. The zero-order valence-electron chi connectivity index (χ0n) is 8.21. The van der Waals surface area contributed by atoms with Crippen molar-refractivity contribution in [3.63, 3.8) is 0 Å². The fourth-order valence-electron chi connectivity index (χ4n) is 0.991. The molecule has 0 aliphatic heterocycles. The van der Waals surface area contributed by atoms with E-state index < -0.39 is 8.42 Å². The maximum absolute atomic E-state index is 10.8. The third-order valence-corrected chi connectivity index (χ3v) is 2.63. The molecule has 0 radical (unpaired) electrons. The Hall–Kier alpha value is -0.391. The van der Waals surface area contributed by atoms with Crippen LogP contribution >= 0.6 is 0 Å². The summed E-state index contributed by atoms with van der Waals surface area (Å²) < 4.78 is 29.6. The van der Waals surface area contributed by atoms with Crippen molar-refractivity contribution in [1.82, 2.24) is 0 Å². The van der Waals surface area contributed by atoms with Gasteiger partial charge in [0.25, 0.3) is 0 Å². The SMILES string of the molecule is CCOc1ccc(COS(=O)(O)=[Se])cc1. The first-order valence-electron chi connectivity index (χ1n) is 4.35. The molecule has 15 heavy (non-hydrogen) atoms. The molecule has 1 rings (SSSR count). The minimum atomic E-state index is -3.25. The van der Waals surface area contributed by atoms with Gasteiger partial charge in [-0.2, -0.15) is 0 Å². The van der Waals surface area contributed by atoms with Crippen LogP contribution in [-0.4, -0.2) is 29.8 Å². The molecule has 0 amide bonds. The predicted molar refractivity (Wildman–Crippen MR) is 58.9 cm³/mol. The number of hydrogen-bond acceptors (Lipinski definition) is 3. The van der Waals surface area contributed by atoms with Gasteiger partial charge in [-0.05, 0) is 0 Å². The third-order valence-electron chi connectivity index (χ3n) is 1.61. The van der Waals surface area contributed by atoms with Crippen LogP contribution in [0.25, 0.3) is 0 Å². The Morgan fingerprint density at radius 2 is 2.00 bits per heavy atom. The molecular formula is C9H12O4SSe. The standard InChI is InChI=1S/C9H12O4SSe/c1-2-12-9-5-3-8(4-6-9)7-13-14(10,11)15/h3-6H,2,7H2,1H3,(H,10,11,15). The average Bonchev–Trinajstić information content (AvgIpc) is 2.16. The van der Waals surface area contributed by atoms with Crippen molar-refractivity contribution in [1.29, 1.82) is 0 Å². The van der Waals surface area contributed by atoms with Crippen LogP contribution in [0.3, 0.4) is 0 Å². The van der Waals surface area contributed by atoms with Crippen LogP contribution in [0.2, 0.25) is 0 Å². The van der Waals surface area contributed by atoms with Gasteiger partial charge in [0.2, 0.25) is 0 Å². The maximum atomic E-state index is 10.8. The van der Waals surface area contributed by atoms with Crippen molar-refractivity contribution in [2.45, 2.75) is 13.5 Å². The van der Waals surface area contributed by atoms with Crippen LogP contribution in [0, 0.1) is 0 Å². The van der Waals surface area contributed by atoms with Gasteiger partial charge in [-0.3, -0.25) is 0 Å². The zero-order chi connectivity index (χ0) is 11.3. The van der Waals surface area contributed by atoms with E-state index in [9.17, 15) is 4.21 Å². The van der Waals surface area contributed by atoms with E-state index in [1.54, 1.807) is 24.3 Å². The molecule has 0 spiro atoms. The van der Waals surface area contributed by atoms with Crippen molar-refractivity contribution in [2.75, 3.05) is 6.61 Å². The predicted octanol–water partition coefficient (Wildman–Crippen LogP) is 1.36. The zero-order valence-corrected chi connectivity index (χ0v) is 10.7. The molecule has 1 N–H and O–H groups in total. The van der Waals surface area contributed by atoms with E-state index in [4.69, 9.17) is 13.5 Å². The Balaban J connectivity index is 2.57. The van der Waals surface area contributed by atoms with Crippen LogP contribution in [0.15, 0.2) is 24.3 Å². The van der Waals surface area contributed by atoms with Crippen molar-refractivity contribution in [2.24, 2.45) is 0 Å². The Kier molecular flexibility index (Phi) is 4.76. The monoisotopic (exact) mass is 296 g/mol. The van der Waals surface area contributed by atoms with E-state index in [-0.39, 0.29) is 6.61 Å². The summed E-state index contributed by atoms with van der Waals surface area (Å²) in [5.41, 5.74) is 0.815. The molecule has 1 aromatic rings. The summed E-state index contributed by atoms with van der Waals surface area (Å²) >= 11 is 2.05. The van der Waals surface area contributed by atoms with Crippen molar-refractivity contribution in [3.8, 4) is 5.75 Å². The number of benzene rings is 1. The Bertz CT molecular complexity index is 399. The molecular weight excluding hydrogens is 283 g/mol. The van der Waals surface area contributed by atoms with Gasteiger partial charge in [-0.25, -0.2) is 0 Å². The van der Waals surface area contributed by atoms with Gasteiger partial charge in [-0.15, -0.1) is 0 Å². The molecule has 1 unspecified atom stereocenters. The first-order valence-corrected chi connectivity index (χ1v) is 7.81. The summed E-state index contributed by atoms with van der Waals surface area (Å²) in [6, 6.07) is 7.16. The summed E-state index contributed by atoms with van der Waals surface area (Å²) in [6.07, 6.45) is 0. The topological polar surface area (TPSA) is 55.8 Å². The van der Waals surface area contributed by atoms with Crippen LogP contribution in [0.1, 0.15) is 12.5 Å². The molecule has 0 saturated heterocycles. The van der Waals surface area contributed by atoms with E-state index in [0.717, 1.165) is 11.3 Å². The second-order valence-electron chi connectivity index (χ2n) is 2.77. The van der Waals surface area contributed by atoms with Crippen LogP contribution in [-0.2, 0) is 19.2 Å². The van der Waals surface area contributed by atoms with Gasteiger partial charge in [0.05, 0.1) is 0 Å². The minimum absolute atomic E-state index is 0.0920. The number of rotatable bonds is 5. The normalized spacial score (nSPS) is 14.5. The molecule has 6 heteroatoms. The Labute approximate surface area is 96.3 Å². The number of ether oxygens (including phenoxy) is 1. The summed E-state index contributed by atoms with van der Waals surface area (Å²) in [4.78, 5) is 0. The van der Waals surface area contributed by atoms with Crippen molar-refractivity contribution >= 4 is 22.8 Å². The van der Waals surface area contributed by atoms with Crippen LogP contribution in [0.4, 0.5) is 0 Å². The molecule has 0 aromatic heterocycles. The van der Waals surface area contributed by atoms with E-state index >= 15 is 0 Å². The van der Waals surface area contributed by atoms with E-state index in [2.05, 4.69) is 14.4 Å². The summed E-state index contributed by atoms with van der Waals surface area (Å²) in [5, 5.41) is 0. The Morgan fingerprint density at radius 1 is 1.40 bits per heavy atom. The molecule has 0 heterocycles. The van der Waals surface area contributed by atoms with Crippen molar-refractivity contribution in [3.05, 3.63) is 29.8 Å². The molecule has 0 saturated carbocycles. The van der Waals surface area contributed by atoms with Gasteiger partial charge in [0.1, 0.15) is 0 Å². The summed E-state index contributed by atoms with van der Waals surface area (Å²) in [6.45, 7) is 2.61. The third kappa shape index (κ3) is 5.30. The van der Waals surface area contributed by atoms with Crippen molar-refractivity contribution < 1.29 is 17.7 Å².